The maximum atomic E-state index is 11.9. The molecule has 1 unspecified atom stereocenters. The lowest BCUT2D eigenvalue weighted by Gasteiger charge is -2.13. The standard InChI is InChI=1S/C12H20N4O2/c1-4-5-14-11(17)8(2)15-12(18)10-6-9(13)7-16(10)3/h6-8H,4-5,13H2,1-3H3,(H,14,17)(H,15,18). The van der Waals surface area contributed by atoms with Crippen LogP contribution in [0.15, 0.2) is 12.3 Å². The van der Waals surface area contributed by atoms with Crippen molar-refractivity contribution in [3.05, 3.63) is 18.0 Å². The van der Waals surface area contributed by atoms with E-state index < -0.39 is 6.04 Å². The number of nitrogen functional groups attached to an aromatic ring is 1. The molecule has 1 aromatic rings. The quantitative estimate of drug-likeness (QED) is 0.702. The number of aromatic nitrogens is 1. The van der Waals surface area contributed by atoms with Crippen molar-refractivity contribution in [2.75, 3.05) is 12.3 Å². The number of hydrogen-bond acceptors (Lipinski definition) is 3. The van der Waals surface area contributed by atoms with Crippen LogP contribution in [0.4, 0.5) is 5.69 Å². The third kappa shape index (κ3) is 3.51. The monoisotopic (exact) mass is 252 g/mol. The van der Waals surface area contributed by atoms with Crippen LogP contribution in [0, 0.1) is 0 Å². The van der Waals surface area contributed by atoms with Crippen molar-refractivity contribution >= 4 is 17.5 Å². The van der Waals surface area contributed by atoms with E-state index in [0.717, 1.165) is 6.42 Å². The van der Waals surface area contributed by atoms with Gasteiger partial charge in [0.2, 0.25) is 5.91 Å². The minimum absolute atomic E-state index is 0.188. The van der Waals surface area contributed by atoms with E-state index in [-0.39, 0.29) is 11.8 Å². The van der Waals surface area contributed by atoms with Crippen molar-refractivity contribution in [1.82, 2.24) is 15.2 Å². The van der Waals surface area contributed by atoms with Crippen molar-refractivity contribution in [3.63, 3.8) is 0 Å². The molecule has 18 heavy (non-hydrogen) atoms. The van der Waals surface area contributed by atoms with E-state index in [1.807, 2.05) is 6.92 Å². The zero-order chi connectivity index (χ0) is 13.7. The van der Waals surface area contributed by atoms with Crippen molar-refractivity contribution in [2.24, 2.45) is 7.05 Å². The van der Waals surface area contributed by atoms with Gasteiger partial charge >= 0.3 is 0 Å². The maximum Gasteiger partial charge on any atom is 0.268 e. The predicted molar refractivity (Wildman–Crippen MR) is 70.1 cm³/mol. The number of nitrogens with zero attached hydrogens (tertiary/aromatic N) is 1. The highest BCUT2D eigenvalue weighted by atomic mass is 16.2. The minimum Gasteiger partial charge on any atom is -0.397 e. The van der Waals surface area contributed by atoms with Crippen LogP contribution in [-0.2, 0) is 11.8 Å². The fourth-order valence-corrected chi connectivity index (χ4v) is 1.55. The largest absolute Gasteiger partial charge is 0.397 e. The summed E-state index contributed by atoms with van der Waals surface area (Å²) in [7, 11) is 1.73. The van der Waals surface area contributed by atoms with Gasteiger partial charge in [-0.3, -0.25) is 9.59 Å². The van der Waals surface area contributed by atoms with Crippen molar-refractivity contribution in [3.8, 4) is 0 Å². The number of anilines is 1. The van der Waals surface area contributed by atoms with Gasteiger partial charge < -0.3 is 20.9 Å². The van der Waals surface area contributed by atoms with E-state index in [4.69, 9.17) is 5.73 Å². The molecule has 1 rings (SSSR count). The van der Waals surface area contributed by atoms with Crippen molar-refractivity contribution in [2.45, 2.75) is 26.3 Å². The summed E-state index contributed by atoms with van der Waals surface area (Å²) in [5, 5.41) is 5.36. The molecule has 0 aliphatic heterocycles. The molecule has 100 valence electrons. The number of hydrogen-bond donors (Lipinski definition) is 3. The molecule has 4 N–H and O–H groups in total. The molecule has 1 aromatic heterocycles. The molecule has 2 amide bonds. The normalized spacial score (nSPS) is 11.9. The fraction of sp³-hybridized carbons (Fsp3) is 0.500. The Morgan fingerprint density at radius 2 is 2.17 bits per heavy atom. The Balaban J connectivity index is 2.59. The second kappa shape index (κ2) is 6.09. The Labute approximate surface area is 107 Å². The highest BCUT2D eigenvalue weighted by Gasteiger charge is 2.17. The molecule has 6 nitrogen and oxygen atoms in total. The summed E-state index contributed by atoms with van der Waals surface area (Å²) in [5.74, 6) is -0.499. The number of rotatable bonds is 5. The molecule has 0 aliphatic rings. The molecule has 0 bridgehead atoms. The number of aryl methyl sites for hydroxylation is 1. The predicted octanol–water partition coefficient (Wildman–Crippen LogP) is 0.252. The first-order chi connectivity index (χ1) is 8.45. The van der Waals surface area contributed by atoms with Gasteiger partial charge in [0.15, 0.2) is 0 Å². The van der Waals surface area contributed by atoms with Crippen LogP contribution >= 0.6 is 0 Å². The molecule has 0 radical (unpaired) electrons. The van der Waals surface area contributed by atoms with Crippen LogP contribution in [0.3, 0.4) is 0 Å². The highest BCUT2D eigenvalue weighted by molar-refractivity contribution is 5.97. The molecule has 0 fully saturated rings. The number of carbonyl (C=O) groups is 2. The second-order valence-corrected chi connectivity index (χ2v) is 4.26. The van der Waals surface area contributed by atoms with Gasteiger partial charge in [-0.05, 0) is 19.4 Å². The van der Waals surface area contributed by atoms with Crippen LogP contribution in [-0.4, -0.2) is 29.0 Å². The summed E-state index contributed by atoms with van der Waals surface area (Å²) in [4.78, 5) is 23.5. The summed E-state index contributed by atoms with van der Waals surface area (Å²) >= 11 is 0. The van der Waals surface area contributed by atoms with Crippen LogP contribution in [0.2, 0.25) is 0 Å². The zero-order valence-corrected chi connectivity index (χ0v) is 11.0. The van der Waals surface area contributed by atoms with E-state index in [2.05, 4.69) is 10.6 Å². The number of carbonyl (C=O) groups excluding carboxylic acids is 2. The summed E-state index contributed by atoms with van der Waals surface area (Å²) in [5.41, 5.74) is 6.55. The average Bonchev–Trinajstić information content (AvgIpc) is 2.65. The zero-order valence-electron chi connectivity index (χ0n) is 11.0. The molecule has 0 spiro atoms. The molecule has 0 saturated heterocycles. The smallest absolute Gasteiger partial charge is 0.268 e. The van der Waals surface area contributed by atoms with Gasteiger partial charge in [-0.25, -0.2) is 0 Å². The highest BCUT2D eigenvalue weighted by Crippen LogP contribution is 2.08. The average molecular weight is 252 g/mol. The Hall–Kier alpha value is -1.98. The Bertz CT molecular complexity index is 439. The Morgan fingerprint density at radius 3 is 2.67 bits per heavy atom. The molecule has 0 aliphatic carbocycles. The Morgan fingerprint density at radius 1 is 1.50 bits per heavy atom. The van der Waals surface area contributed by atoms with Crippen molar-refractivity contribution in [1.29, 1.82) is 0 Å². The van der Waals surface area contributed by atoms with Crippen LogP contribution in [0.1, 0.15) is 30.8 Å². The van der Waals surface area contributed by atoms with Gasteiger partial charge in [-0.15, -0.1) is 0 Å². The molecule has 1 atom stereocenters. The lowest BCUT2D eigenvalue weighted by Crippen LogP contribution is -2.45. The van der Waals surface area contributed by atoms with Crippen LogP contribution in [0.5, 0.6) is 0 Å². The van der Waals surface area contributed by atoms with Crippen LogP contribution < -0.4 is 16.4 Å². The lowest BCUT2D eigenvalue weighted by molar-refractivity contribution is -0.122. The van der Waals surface area contributed by atoms with Gasteiger partial charge in [0.05, 0.1) is 5.69 Å². The molecule has 0 saturated carbocycles. The summed E-state index contributed by atoms with van der Waals surface area (Å²) < 4.78 is 1.63. The molecule has 1 heterocycles. The van der Waals surface area contributed by atoms with E-state index in [1.165, 1.54) is 0 Å². The molecular weight excluding hydrogens is 232 g/mol. The first-order valence-electron chi connectivity index (χ1n) is 5.96. The first-order valence-corrected chi connectivity index (χ1v) is 5.96. The van der Waals surface area contributed by atoms with Gasteiger partial charge in [-0.1, -0.05) is 6.92 Å². The molecular formula is C12H20N4O2. The topological polar surface area (TPSA) is 89.2 Å². The van der Waals surface area contributed by atoms with Gasteiger partial charge in [-0.2, -0.15) is 0 Å². The van der Waals surface area contributed by atoms with E-state index in [9.17, 15) is 9.59 Å². The van der Waals surface area contributed by atoms with E-state index in [1.54, 1.807) is 30.8 Å². The van der Waals surface area contributed by atoms with Gasteiger partial charge in [0, 0.05) is 19.8 Å². The number of amides is 2. The fourth-order valence-electron chi connectivity index (χ4n) is 1.55. The Kier molecular flexibility index (Phi) is 4.76. The SMILES string of the molecule is CCCNC(=O)C(C)NC(=O)c1cc(N)cn1C. The maximum absolute atomic E-state index is 11.9. The third-order valence-corrected chi connectivity index (χ3v) is 2.55. The van der Waals surface area contributed by atoms with Crippen molar-refractivity contribution < 1.29 is 9.59 Å². The molecule has 0 aromatic carbocycles. The summed E-state index contributed by atoms with van der Waals surface area (Å²) in [6.45, 7) is 4.22. The third-order valence-electron chi connectivity index (χ3n) is 2.55. The van der Waals surface area contributed by atoms with E-state index in [0.29, 0.717) is 17.9 Å². The number of nitrogens with one attached hydrogen (secondary N) is 2. The minimum atomic E-state index is -0.569. The van der Waals surface area contributed by atoms with Gasteiger partial charge in [0.1, 0.15) is 11.7 Å². The molecule has 6 heteroatoms. The number of nitrogens with two attached hydrogens (primary N) is 1. The van der Waals surface area contributed by atoms with Crippen LogP contribution in [0.25, 0.3) is 0 Å². The lowest BCUT2D eigenvalue weighted by atomic mass is 10.3. The van der Waals surface area contributed by atoms with E-state index >= 15 is 0 Å². The first kappa shape index (κ1) is 14.1. The summed E-state index contributed by atoms with van der Waals surface area (Å²) in [6, 6.07) is 1.01. The second-order valence-electron chi connectivity index (χ2n) is 4.26. The summed E-state index contributed by atoms with van der Waals surface area (Å²) in [6.07, 6.45) is 2.51. The van der Waals surface area contributed by atoms with Gasteiger partial charge in [0.25, 0.3) is 5.91 Å².